The van der Waals surface area contributed by atoms with Crippen LogP contribution in [0.15, 0.2) is 52.6 Å². The van der Waals surface area contributed by atoms with Crippen LogP contribution in [0.1, 0.15) is 17.4 Å². The Bertz CT molecular complexity index is 819. The second-order valence-electron chi connectivity index (χ2n) is 5.01. The molecule has 0 radical (unpaired) electrons. The zero-order valence-corrected chi connectivity index (χ0v) is 14.5. The number of thioether (sulfide) groups is 1. The first-order valence-corrected chi connectivity index (χ1v) is 9.05. The van der Waals surface area contributed by atoms with E-state index in [2.05, 4.69) is 15.3 Å². The number of hydrogen-bond donors (Lipinski definition) is 1. The van der Waals surface area contributed by atoms with Crippen LogP contribution < -0.4 is 5.32 Å². The van der Waals surface area contributed by atoms with Crippen molar-refractivity contribution in [1.82, 2.24) is 19.9 Å². The molecule has 0 aliphatic rings. The van der Waals surface area contributed by atoms with Gasteiger partial charge in [0.05, 0.1) is 5.75 Å². The molecule has 3 aromatic rings. The van der Waals surface area contributed by atoms with Gasteiger partial charge in [0, 0.05) is 36.6 Å². The van der Waals surface area contributed by atoms with E-state index >= 15 is 0 Å². The lowest BCUT2D eigenvalue weighted by molar-refractivity contribution is -0.119. The highest BCUT2D eigenvalue weighted by Crippen LogP contribution is 2.24. The molecule has 2 heterocycles. The lowest BCUT2D eigenvalue weighted by atomic mass is 10.1. The summed E-state index contributed by atoms with van der Waals surface area (Å²) >= 11 is 2.83. The average molecular weight is 362 g/mol. The van der Waals surface area contributed by atoms with Crippen LogP contribution in [-0.2, 0) is 11.8 Å². The topological polar surface area (TPSA) is 59.8 Å². The molecule has 1 amide bonds. The van der Waals surface area contributed by atoms with E-state index in [4.69, 9.17) is 0 Å². The van der Waals surface area contributed by atoms with E-state index in [0.717, 1.165) is 4.34 Å². The Hall–Kier alpha value is -2.19. The van der Waals surface area contributed by atoms with Crippen molar-refractivity contribution in [2.24, 2.45) is 7.05 Å². The highest BCUT2D eigenvalue weighted by Gasteiger charge is 2.23. The van der Waals surface area contributed by atoms with Crippen LogP contribution in [0.25, 0.3) is 0 Å². The Labute approximate surface area is 147 Å². The van der Waals surface area contributed by atoms with Gasteiger partial charge in [-0.3, -0.25) is 4.79 Å². The summed E-state index contributed by atoms with van der Waals surface area (Å²) in [4.78, 5) is 20.7. The second-order valence-corrected chi connectivity index (χ2v) is 7.12. The van der Waals surface area contributed by atoms with Gasteiger partial charge in [0.1, 0.15) is 22.0 Å². The van der Waals surface area contributed by atoms with E-state index in [1.807, 2.05) is 12.4 Å². The number of halogens is 1. The van der Waals surface area contributed by atoms with E-state index in [-0.39, 0.29) is 17.5 Å². The quantitative estimate of drug-likeness (QED) is 0.685. The van der Waals surface area contributed by atoms with Gasteiger partial charge in [0.2, 0.25) is 5.91 Å². The summed E-state index contributed by atoms with van der Waals surface area (Å²) in [5, 5.41) is 4.73. The van der Waals surface area contributed by atoms with Crippen LogP contribution in [0.3, 0.4) is 0 Å². The number of aryl methyl sites for hydroxylation is 1. The standard InChI is InChI=1S/C16H15FN4OS2/c1-21-8-6-18-15(21)14(11-4-2-3-5-12(11)17)20-13(22)10-24-16-19-7-9-23-16/h2-9,14H,10H2,1H3,(H,20,22)/t14-/m1/s1. The van der Waals surface area contributed by atoms with Gasteiger partial charge in [-0.05, 0) is 6.07 Å². The van der Waals surface area contributed by atoms with E-state index in [1.54, 1.807) is 41.4 Å². The maximum absolute atomic E-state index is 14.2. The van der Waals surface area contributed by atoms with Crippen molar-refractivity contribution in [1.29, 1.82) is 0 Å². The molecule has 2 aromatic heterocycles. The molecule has 1 aromatic carbocycles. The maximum Gasteiger partial charge on any atom is 0.231 e. The van der Waals surface area contributed by atoms with Crippen molar-refractivity contribution in [3.8, 4) is 0 Å². The molecule has 0 saturated carbocycles. The van der Waals surface area contributed by atoms with Crippen LogP contribution in [0.2, 0.25) is 0 Å². The van der Waals surface area contributed by atoms with Crippen molar-refractivity contribution in [3.63, 3.8) is 0 Å². The molecule has 1 N–H and O–H groups in total. The van der Waals surface area contributed by atoms with Crippen molar-refractivity contribution >= 4 is 29.0 Å². The van der Waals surface area contributed by atoms with Crippen LogP contribution in [0, 0.1) is 5.82 Å². The molecule has 8 heteroatoms. The minimum absolute atomic E-state index is 0.202. The molecular weight excluding hydrogens is 347 g/mol. The van der Waals surface area contributed by atoms with Crippen molar-refractivity contribution < 1.29 is 9.18 Å². The van der Waals surface area contributed by atoms with Crippen molar-refractivity contribution in [3.05, 3.63) is 65.4 Å². The molecule has 24 heavy (non-hydrogen) atoms. The third-order valence-electron chi connectivity index (χ3n) is 3.37. The number of nitrogens with one attached hydrogen (secondary N) is 1. The number of thiazole rings is 1. The summed E-state index contributed by atoms with van der Waals surface area (Å²) in [6, 6.07) is 5.75. The van der Waals surface area contributed by atoms with Crippen LogP contribution in [0.4, 0.5) is 4.39 Å². The summed E-state index contributed by atoms with van der Waals surface area (Å²) in [5.41, 5.74) is 0.388. The molecule has 0 saturated heterocycles. The van der Waals surface area contributed by atoms with Gasteiger partial charge in [-0.25, -0.2) is 14.4 Å². The Kier molecular flexibility index (Phi) is 5.27. The fraction of sp³-hybridized carbons (Fsp3) is 0.188. The Morgan fingerprint density at radius 1 is 1.38 bits per heavy atom. The number of imidazole rings is 1. The predicted molar refractivity (Wildman–Crippen MR) is 92.4 cm³/mol. The summed E-state index contributed by atoms with van der Waals surface area (Å²) in [6.45, 7) is 0. The third-order valence-corrected chi connectivity index (χ3v) is 5.34. The molecule has 0 bridgehead atoms. The first-order chi connectivity index (χ1) is 11.6. The van der Waals surface area contributed by atoms with Gasteiger partial charge < -0.3 is 9.88 Å². The molecule has 0 aliphatic heterocycles. The van der Waals surface area contributed by atoms with E-state index < -0.39 is 6.04 Å². The molecule has 0 unspecified atom stereocenters. The van der Waals surface area contributed by atoms with E-state index in [9.17, 15) is 9.18 Å². The fourth-order valence-electron chi connectivity index (χ4n) is 2.26. The molecule has 5 nitrogen and oxygen atoms in total. The molecule has 0 aliphatic carbocycles. The molecular formula is C16H15FN4OS2. The number of carbonyl (C=O) groups is 1. The molecule has 124 valence electrons. The summed E-state index contributed by atoms with van der Waals surface area (Å²) in [5.74, 6) is 0.209. The number of rotatable bonds is 6. The summed E-state index contributed by atoms with van der Waals surface area (Å²) in [6.07, 6.45) is 5.08. The SMILES string of the molecule is Cn1ccnc1[C@H](NC(=O)CSc1nccs1)c1ccccc1F. The Morgan fingerprint density at radius 3 is 2.88 bits per heavy atom. The first-order valence-electron chi connectivity index (χ1n) is 7.18. The van der Waals surface area contributed by atoms with Crippen LogP contribution in [-0.4, -0.2) is 26.2 Å². The highest BCUT2D eigenvalue weighted by molar-refractivity contribution is 8.01. The normalized spacial score (nSPS) is 12.1. The summed E-state index contributed by atoms with van der Waals surface area (Å²) < 4.78 is 16.8. The van der Waals surface area contributed by atoms with Crippen molar-refractivity contribution in [2.45, 2.75) is 10.4 Å². The molecule has 1 atom stereocenters. The fourth-order valence-corrected chi connectivity index (χ4v) is 3.71. The third kappa shape index (κ3) is 3.82. The first kappa shape index (κ1) is 16.7. The maximum atomic E-state index is 14.2. The molecule has 3 rings (SSSR count). The Morgan fingerprint density at radius 2 is 2.21 bits per heavy atom. The van der Waals surface area contributed by atoms with Gasteiger partial charge in [-0.1, -0.05) is 30.0 Å². The average Bonchev–Trinajstić information content (AvgIpc) is 3.23. The number of aromatic nitrogens is 3. The van der Waals surface area contributed by atoms with Gasteiger partial charge >= 0.3 is 0 Å². The van der Waals surface area contributed by atoms with Gasteiger partial charge in [-0.2, -0.15) is 0 Å². The van der Waals surface area contributed by atoms with E-state index in [0.29, 0.717) is 11.4 Å². The number of carbonyl (C=O) groups excluding carboxylic acids is 1. The van der Waals surface area contributed by atoms with Gasteiger partial charge in [0.15, 0.2) is 0 Å². The number of hydrogen-bond acceptors (Lipinski definition) is 5. The lowest BCUT2D eigenvalue weighted by Gasteiger charge is -2.19. The largest absolute Gasteiger partial charge is 0.341 e. The summed E-state index contributed by atoms with van der Waals surface area (Å²) in [7, 11) is 1.81. The van der Waals surface area contributed by atoms with Crippen LogP contribution >= 0.6 is 23.1 Å². The smallest absolute Gasteiger partial charge is 0.231 e. The monoisotopic (exact) mass is 362 g/mol. The molecule has 0 fully saturated rings. The second kappa shape index (κ2) is 7.59. The molecule has 0 spiro atoms. The van der Waals surface area contributed by atoms with Crippen LogP contribution in [0.5, 0.6) is 0 Å². The number of amides is 1. The lowest BCUT2D eigenvalue weighted by Crippen LogP contribution is -2.32. The van der Waals surface area contributed by atoms with Gasteiger partial charge in [0.25, 0.3) is 0 Å². The van der Waals surface area contributed by atoms with Gasteiger partial charge in [-0.15, -0.1) is 11.3 Å². The van der Waals surface area contributed by atoms with E-state index in [1.165, 1.54) is 29.2 Å². The predicted octanol–water partition coefficient (Wildman–Crippen LogP) is 3.01. The minimum atomic E-state index is -0.643. The highest BCUT2D eigenvalue weighted by atomic mass is 32.2. The number of benzene rings is 1. The zero-order chi connectivity index (χ0) is 16.9. The minimum Gasteiger partial charge on any atom is -0.341 e. The number of nitrogens with zero attached hydrogens (tertiary/aromatic N) is 3. The Balaban J connectivity index is 1.79. The zero-order valence-electron chi connectivity index (χ0n) is 12.8. The van der Waals surface area contributed by atoms with Crippen molar-refractivity contribution in [2.75, 3.05) is 5.75 Å².